The van der Waals surface area contributed by atoms with E-state index in [1.54, 1.807) is 0 Å². The molecule has 0 atom stereocenters. The van der Waals surface area contributed by atoms with Crippen LogP contribution in [0.4, 0.5) is 0 Å². The number of rotatable bonds is 6. The van der Waals surface area contributed by atoms with E-state index < -0.39 is 0 Å². The van der Waals surface area contributed by atoms with Crippen molar-refractivity contribution < 1.29 is 4.74 Å². The Morgan fingerprint density at radius 2 is 1.58 bits per heavy atom. The second-order valence-electron chi connectivity index (χ2n) is 6.13. The molecule has 0 bridgehead atoms. The van der Waals surface area contributed by atoms with Crippen molar-refractivity contribution in [3.05, 3.63) is 95.3 Å². The number of para-hydroxylation sites is 3. The van der Waals surface area contributed by atoms with Gasteiger partial charge in [0, 0.05) is 11.4 Å². The fourth-order valence-electron chi connectivity index (χ4n) is 3.07. The van der Waals surface area contributed by atoms with Crippen LogP contribution in [0.15, 0.2) is 78.9 Å². The van der Waals surface area contributed by atoms with Crippen LogP contribution in [0, 0.1) is 0 Å². The van der Waals surface area contributed by atoms with Gasteiger partial charge in [-0.25, -0.2) is 4.98 Å². The first-order chi connectivity index (χ1) is 12.8. The Morgan fingerprint density at radius 3 is 2.38 bits per heavy atom. The summed E-state index contributed by atoms with van der Waals surface area (Å²) in [6.45, 7) is 1.34. The van der Waals surface area contributed by atoms with Gasteiger partial charge in [-0.2, -0.15) is 0 Å². The maximum Gasteiger partial charge on any atom is 0.119 e. The summed E-state index contributed by atoms with van der Waals surface area (Å²) in [6.07, 6.45) is 0.761. The lowest BCUT2D eigenvalue weighted by molar-refractivity contribution is 0.298. The molecule has 3 aromatic carbocycles. The van der Waals surface area contributed by atoms with Crippen LogP contribution in [-0.4, -0.2) is 16.2 Å². The van der Waals surface area contributed by atoms with E-state index in [9.17, 15) is 0 Å². The first-order valence-electron chi connectivity index (χ1n) is 8.66. The van der Waals surface area contributed by atoms with E-state index in [1.165, 1.54) is 5.56 Å². The van der Waals surface area contributed by atoms with Gasteiger partial charge in [0.05, 0.1) is 17.6 Å². The van der Waals surface area contributed by atoms with Crippen LogP contribution in [0.1, 0.15) is 11.4 Å². The SMILES string of the molecule is Clc1ccc(Cc2nc3ccccc3n2CCOc2ccccc2)cc1. The van der Waals surface area contributed by atoms with E-state index in [2.05, 4.69) is 16.7 Å². The number of benzene rings is 3. The molecule has 0 aliphatic rings. The van der Waals surface area contributed by atoms with Gasteiger partial charge >= 0.3 is 0 Å². The van der Waals surface area contributed by atoms with Gasteiger partial charge in [-0.05, 0) is 42.0 Å². The minimum Gasteiger partial charge on any atom is -0.492 e. The number of aromatic nitrogens is 2. The van der Waals surface area contributed by atoms with E-state index in [0.717, 1.165) is 40.6 Å². The first-order valence-corrected chi connectivity index (χ1v) is 9.04. The molecule has 26 heavy (non-hydrogen) atoms. The summed E-state index contributed by atoms with van der Waals surface area (Å²) in [6, 6.07) is 26.1. The molecule has 4 rings (SSSR count). The van der Waals surface area contributed by atoms with Crippen molar-refractivity contribution in [2.45, 2.75) is 13.0 Å². The molecule has 0 spiro atoms. The van der Waals surface area contributed by atoms with E-state index in [-0.39, 0.29) is 0 Å². The van der Waals surface area contributed by atoms with Gasteiger partial charge in [0.1, 0.15) is 18.2 Å². The number of fused-ring (bicyclic) bond motifs is 1. The topological polar surface area (TPSA) is 27.1 Å². The van der Waals surface area contributed by atoms with Crippen LogP contribution in [0.5, 0.6) is 5.75 Å². The first kappa shape index (κ1) is 16.7. The molecule has 0 fully saturated rings. The normalized spacial score (nSPS) is 11.0. The highest BCUT2D eigenvalue weighted by atomic mass is 35.5. The van der Waals surface area contributed by atoms with Crippen LogP contribution >= 0.6 is 11.6 Å². The second-order valence-corrected chi connectivity index (χ2v) is 6.57. The molecular formula is C22H19ClN2O. The largest absolute Gasteiger partial charge is 0.492 e. The van der Waals surface area contributed by atoms with Crippen LogP contribution in [0.3, 0.4) is 0 Å². The zero-order valence-corrected chi connectivity index (χ0v) is 15.1. The van der Waals surface area contributed by atoms with Crippen LogP contribution < -0.4 is 4.74 Å². The van der Waals surface area contributed by atoms with Crippen molar-refractivity contribution in [3.63, 3.8) is 0 Å². The molecule has 0 saturated carbocycles. The summed E-state index contributed by atoms with van der Waals surface area (Å²) in [5.41, 5.74) is 3.33. The van der Waals surface area contributed by atoms with E-state index in [0.29, 0.717) is 6.61 Å². The standard InChI is InChI=1S/C22H19ClN2O/c23-18-12-10-17(11-13-18)16-22-24-20-8-4-5-9-21(20)25(22)14-15-26-19-6-2-1-3-7-19/h1-13H,14-16H2. The summed E-state index contributed by atoms with van der Waals surface area (Å²) in [5, 5.41) is 0.749. The number of imidazole rings is 1. The predicted molar refractivity (Wildman–Crippen MR) is 106 cm³/mol. The summed E-state index contributed by atoms with van der Waals surface area (Å²) >= 11 is 6.00. The number of hydrogen-bond donors (Lipinski definition) is 0. The lowest BCUT2D eigenvalue weighted by Gasteiger charge is -2.11. The lowest BCUT2D eigenvalue weighted by atomic mass is 10.1. The Balaban J connectivity index is 1.58. The quantitative estimate of drug-likeness (QED) is 0.461. The van der Waals surface area contributed by atoms with Crippen molar-refractivity contribution in [2.24, 2.45) is 0 Å². The van der Waals surface area contributed by atoms with Crippen molar-refractivity contribution in [3.8, 4) is 5.75 Å². The Bertz CT molecular complexity index is 994. The molecule has 0 radical (unpaired) electrons. The van der Waals surface area contributed by atoms with Crippen molar-refractivity contribution in [1.29, 1.82) is 0 Å². The lowest BCUT2D eigenvalue weighted by Crippen LogP contribution is -2.11. The fraction of sp³-hybridized carbons (Fsp3) is 0.136. The Kier molecular flexibility index (Phi) is 4.89. The van der Waals surface area contributed by atoms with Gasteiger partial charge in [-0.1, -0.05) is 54.1 Å². The number of nitrogens with zero attached hydrogens (tertiary/aromatic N) is 2. The number of halogens is 1. The highest BCUT2D eigenvalue weighted by Crippen LogP contribution is 2.20. The van der Waals surface area contributed by atoms with Gasteiger partial charge in [0.25, 0.3) is 0 Å². The van der Waals surface area contributed by atoms with Crippen LogP contribution in [-0.2, 0) is 13.0 Å². The molecule has 4 aromatic rings. The smallest absolute Gasteiger partial charge is 0.119 e. The molecule has 0 unspecified atom stereocenters. The van der Waals surface area contributed by atoms with Gasteiger partial charge in [-0.15, -0.1) is 0 Å². The van der Waals surface area contributed by atoms with Gasteiger partial charge in [0.2, 0.25) is 0 Å². The van der Waals surface area contributed by atoms with Crippen molar-refractivity contribution in [1.82, 2.24) is 9.55 Å². The van der Waals surface area contributed by atoms with E-state index in [4.69, 9.17) is 21.3 Å². The van der Waals surface area contributed by atoms with Crippen molar-refractivity contribution >= 4 is 22.6 Å². The minimum atomic E-state index is 0.595. The van der Waals surface area contributed by atoms with Gasteiger partial charge < -0.3 is 9.30 Å². The summed E-state index contributed by atoms with van der Waals surface area (Å²) in [5.74, 6) is 1.92. The van der Waals surface area contributed by atoms with Gasteiger partial charge in [0.15, 0.2) is 0 Å². The highest BCUT2D eigenvalue weighted by molar-refractivity contribution is 6.30. The molecule has 0 aliphatic carbocycles. The van der Waals surface area contributed by atoms with E-state index >= 15 is 0 Å². The minimum absolute atomic E-state index is 0.595. The van der Waals surface area contributed by atoms with Crippen LogP contribution in [0.2, 0.25) is 5.02 Å². The zero-order valence-electron chi connectivity index (χ0n) is 14.3. The summed E-state index contributed by atoms with van der Waals surface area (Å²) in [4.78, 5) is 4.83. The van der Waals surface area contributed by atoms with Crippen LogP contribution in [0.25, 0.3) is 11.0 Å². The second kappa shape index (κ2) is 7.63. The van der Waals surface area contributed by atoms with Crippen molar-refractivity contribution in [2.75, 3.05) is 6.61 Å². The summed E-state index contributed by atoms with van der Waals surface area (Å²) in [7, 11) is 0. The molecule has 0 saturated heterocycles. The fourth-order valence-corrected chi connectivity index (χ4v) is 3.19. The monoisotopic (exact) mass is 362 g/mol. The molecule has 0 N–H and O–H groups in total. The third-order valence-corrected chi connectivity index (χ3v) is 4.59. The number of hydrogen-bond acceptors (Lipinski definition) is 2. The Morgan fingerprint density at radius 1 is 0.846 bits per heavy atom. The molecule has 0 aliphatic heterocycles. The Hall–Kier alpha value is -2.78. The number of ether oxygens (including phenoxy) is 1. The molecule has 130 valence electrons. The average molecular weight is 363 g/mol. The molecule has 0 amide bonds. The molecular weight excluding hydrogens is 344 g/mol. The molecule has 1 aromatic heterocycles. The Labute approximate surface area is 157 Å². The highest BCUT2D eigenvalue weighted by Gasteiger charge is 2.11. The third kappa shape index (κ3) is 3.73. The maximum absolute atomic E-state index is 6.00. The van der Waals surface area contributed by atoms with Gasteiger partial charge in [-0.3, -0.25) is 0 Å². The molecule has 4 heteroatoms. The molecule has 3 nitrogen and oxygen atoms in total. The van der Waals surface area contributed by atoms with E-state index in [1.807, 2.05) is 66.7 Å². The third-order valence-electron chi connectivity index (χ3n) is 4.34. The maximum atomic E-state index is 6.00. The zero-order chi connectivity index (χ0) is 17.8. The predicted octanol–water partition coefficient (Wildman–Crippen LogP) is 5.36. The average Bonchev–Trinajstić information content (AvgIpc) is 3.02. The summed E-state index contributed by atoms with van der Waals surface area (Å²) < 4.78 is 8.13. The molecule has 1 heterocycles.